The predicted molar refractivity (Wildman–Crippen MR) is 127 cm³/mol. The third kappa shape index (κ3) is 3.72. The minimum atomic E-state index is -0.386. The van der Waals surface area contributed by atoms with Gasteiger partial charge in [-0.2, -0.15) is 0 Å². The fraction of sp³-hybridized carbons (Fsp3) is 0.308. The number of ether oxygens (including phenoxy) is 1. The van der Waals surface area contributed by atoms with Crippen LogP contribution in [0.15, 0.2) is 42.5 Å². The summed E-state index contributed by atoms with van der Waals surface area (Å²) in [6.07, 6.45) is 2.87. The van der Waals surface area contributed by atoms with Gasteiger partial charge in [0.05, 0.1) is 24.9 Å². The standard InChI is InChI=1S/C26H27FN4O2/c1-31(24(32)14-28)16-8-9-18-21(13-16)29-22(12-15-7-10-23(33-2)19(27)11-15)26-25(18)17-5-3-4-6-20(17)30-26/h3-7,10-11,16,30H,8-9,12-14,28H2,1-2H3. The number of fused-ring (bicyclic) bond motifs is 5. The van der Waals surface area contributed by atoms with Gasteiger partial charge >= 0.3 is 0 Å². The number of carbonyl (C=O) groups is 1. The highest BCUT2D eigenvalue weighted by Crippen LogP contribution is 2.36. The van der Waals surface area contributed by atoms with Crippen molar-refractivity contribution >= 4 is 27.7 Å². The van der Waals surface area contributed by atoms with E-state index in [2.05, 4.69) is 17.1 Å². The maximum atomic E-state index is 14.4. The van der Waals surface area contributed by atoms with Gasteiger partial charge in [-0.05, 0) is 42.2 Å². The lowest BCUT2D eigenvalue weighted by atomic mass is 9.87. The molecule has 0 saturated heterocycles. The number of aromatic amines is 1. The number of aryl methyl sites for hydroxylation is 1. The van der Waals surface area contributed by atoms with Gasteiger partial charge < -0.3 is 20.4 Å². The van der Waals surface area contributed by atoms with Crippen LogP contribution in [0.4, 0.5) is 4.39 Å². The third-order valence-corrected chi connectivity index (χ3v) is 6.77. The Hall–Kier alpha value is -3.45. The maximum absolute atomic E-state index is 14.4. The highest BCUT2D eigenvalue weighted by molar-refractivity contribution is 6.10. The van der Waals surface area contributed by atoms with Crippen molar-refractivity contribution in [2.75, 3.05) is 20.7 Å². The molecule has 0 saturated carbocycles. The molecule has 2 aromatic carbocycles. The number of aromatic nitrogens is 2. The van der Waals surface area contributed by atoms with Gasteiger partial charge in [-0.25, -0.2) is 4.39 Å². The first kappa shape index (κ1) is 21.4. The number of likely N-dealkylation sites (N-methyl/N-ethyl adjacent to an activating group) is 1. The van der Waals surface area contributed by atoms with Crippen molar-refractivity contribution < 1.29 is 13.9 Å². The minimum Gasteiger partial charge on any atom is -0.494 e. The molecule has 1 atom stereocenters. The van der Waals surface area contributed by atoms with E-state index in [1.807, 2.05) is 25.2 Å². The number of benzene rings is 2. The second-order valence-corrected chi connectivity index (χ2v) is 8.66. The van der Waals surface area contributed by atoms with Gasteiger partial charge in [0, 0.05) is 47.9 Å². The molecule has 33 heavy (non-hydrogen) atoms. The zero-order valence-electron chi connectivity index (χ0n) is 18.8. The number of para-hydroxylation sites is 1. The van der Waals surface area contributed by atoms with E-state index in [0.29, 0.717) is 12.8 Å². The van der Waals surface area contributed by atoms with Crippen molar-refractivity contribution in [2.24, 2.45) is 5.73 Å². The number of carbonyl (C=O) groups excluding carboxylic acids is 1. The zero-order valence-corrected chi connectivity index (χ0v) is 18.8. The number of nitrogens with two attached hydrogens (primary N) is 1. The Balaban J connectivity index is 1.63. The first-order chi connectivity index (χ1) is 16.0. The topological polar surface area (TPSA) is 84.2 Å². The van der Waals surface area contributed by atoms with Crippen LogP contribution in [0.1, 0.15) is 28.9 Å². The zero-order chi connectivity index (χ0) is 23.1. The van der Waals surface area contributed by atoms with Gasteiger partial charge in [-0.1, -0.05) is 24.3 Å². The molecule has 4 aromatic rings. The molecule has 2 aromatic heterocycles. The molecule has 3 N–H and O–H groups in total. The molecule has 170 valence electrons. The maximum Gasteiger partial charge on any atom is 0.236 e. The number of rotatable bonds is 5. The molecular formula is C26H27FN4O2. The molecule has 7 heteroatoms. The smallest absolute Gasteiger partial charge is 0.236 e. The Labute approximate surface area is 191 Å². The summed E-state index contributed by atoms with van der Waals surface area (Å²) in [6, 6.07) is 13.3. The summed E-state index contributed by atoms with van der Waals surface area (Å²) in [5, 5.41) is 2.35. The monoisotopic (exact) mass is 446 g/mol. The highest BCUT2D eigenvalue weighted by Gasteiger charge is 2.28. The van der Waals surface area contributed by atoms with Gasteiger partial charge in [0.25, 0.3) is 0 Å². The highest BCUT2D eigenvalue weighted by atomic mass is 19.1. The van der Waals surface area contributed by atoms with Gasteiger partial charge in [-0.3, -0.25) is 9.78 Å². The number of methoxy groups -OCH3 is 1. The SMILES string of the molecule is COc1ccc(Cc2nc3c(c4c2[nH]c2ccccc24)CCC(N(C)C(=O)CN)C3)cc1F. The molecular weight excluding hydrogens is 419 g/mol. The molecule has 1 aliphatic rings. The largest absolute Gasteiger partial charge is 0.494 e. The second-order valence-electron chi connectivity index (χ2n) is 8.66. The van der Waals surface area contributed by atoms with E-state index in [-0.39, 0.29) is 30.1 Å². The summed E-state index contributed by atoms with van der Waals surface area (Å²) in [5.41, 5.74) is 11.6. The summed E-state index contributed by atoms with van der Waals surface area (Å²) < 4.78 is 19.4. The molecule has 0 aliphatic heterocycles. The lowest BCUT2D eigenvalue weighted by Crippen LogP contribution is -2.43. The summed E-state index contributed by atoms with van der Waals surface area (Å²) in [4.78, 5) is 22.6. The second kappa shape index (κ2) is 8.48. The molecule has 0 bridgehead atoms. The molecule has 6 nitrogen and oxygen atoms in total. The fourth-order valence-corrected chi connectivity index (χ4v) is 5.00. The molecule has 5 rings (SSSR count). The molecule has 0 fully saturated rings. The lowest BCUT2D eigenvalue weighted by Gasteiger charge is -2.32. The number of H-pyrrole nitrogens is 1. The van der Waals surface area contributed by atoms with E-state index >= 15 is 0 Å². The Morgan fingerprint density at radius 1 is 1.30 bits per heavy atom. The van der Waals surface area contributed by atoms with E-state index in [1.54, 1.807) is 11.0 Å². The van der Waals surface area contributed by atoms with Crippen LogP contribution in [0, 0.1) is 5.82 Å². The van der Waals surface area contributed by atoms with Crippen LogP contribution in [-0.4, -0.2) is 47.5 Å². The van der Waals surface area contributed by atoms with Crippen molar-refractivity contribution in [3.05, 3.63) is 70.8 Å². The summed E-state index contributed by atoms with van der Waals surface area (Å²) in [6.45, 7) is 0.00303. The van der Waals surface area contributed by atoms with Crippen molar-refractivity contribution in [3.8, 4) is 5.75 Å². The molecule has 0 radical (unpaired) electrons. The van der Waals surface area contributed by atoms with Crippen LogP contribution in [0.3, 0.4) is 0 Å². The Kier molecular flexibility index (Phi) is 5.50. The minimum absolute atomic E-state index is 0.00303. The number of pyridine rings is 1. The van der Waals surface area contributed by atoms with Crippen LogP contribution in [0.2, 0.25) is 0 Å². The Morgan fingerprint density at radius 2 is 2.12 bits per heavy atom. The van der Waals surface area contributed by atoms with E-state index in [0.717, 1.165) is 46.2 Å². The number of nitrogens with one attached hydrogen (secondary N) is 1. The van der Waals surface area contributed by atoms with Gasteiger partial charge in [-0.15, -0.1) is 0 Å². The number of amides is 1. The van der Waals surface area contributed by atoms with E-state index < -0.39 is 0 Å². The third-order valence-electron chi connectivity index (χ3n) is 6.77. The Bertz CT molecular complexity index is 1360. The quantitative estimate of drug-likeness (QED) is 0.489. The first-order valence-corrected chi connectivity index (χ1v) is 11.2. The molecule has 1 aliphatic carbocycles. The van der Waals surface area contributed by atoms with Crippen LogP contribution >= 0.6 is 0 Å². The van der Waals surface area contributed by atoms with Crippen molar-refractivity contribution in [3.63, 3.8) is 0 Å². The molecule has 2 heterocycles. The summed E-state index contributed by atoms with van der Waals surface area (Å²) in [5.74, 6) is -0.225. The van der Waals surface area contributed by atoms with E-state index in [1.165, 1.54) is 24.1 Å². The number of nitrogens with zero attached hydrogens (tertiary/aromatic N) is 2. The van der Waals surface area contributed by atoms with Crippen LogP contribution in [0.5, 0.6) is 5.75 Å². The van der Waals surface area contributed by atoms with E-state index in [9.17, 15) is 9.18 Å². The number of hydrogen-bond acceptors (Lipinski definition) is 4. The summed E-state index contributed by atoms with van der Waals surface area (Å²) in [7, 11) is 3.27. The van der Waals surface area contributed by atoms with Crippen LogP contribution in [0.25, 0.3) is 21.8 Å². The fourth-order valence-electron chi connectivity index (χ4n) is 5.00. The van der Waals surface area contributed by atoms with E-state index in [4.69, 9.17) is 15.5 Å². The first-order valence-electron chi connectivity index (χ1n) is 11.2. The van der Waals surface area contributed by atoms with Crippen LogP contribution < -0.4 is 10.5 Å². The average molecular weight is 447 g/mol. The Morgan fingerprint density at radius 3 is 2.88 bits per heavy atom. The molecule has 1 amide bonds. The number of halogens is 1. The molecule has 1 unspecified atom stereocenters. The van der Waals surface area contributed by atoms with Crippen molar-refractivity contribution in [1.29, 1.82) is 0 Å². The lowest BCUT2D eigenvalue weighted by molar-refractivity contribution is -0.130. The van der Waals surface area contributed by atoms with Crippen LogP contribution in [-0.2, 0) is 24.1 Å². The van der Waals surface area contributed by atoms with Crippen molar-refractivity contribution in [1.82, 2.24) is 14.9 Å². The normalized spacial score (nSPS) is 15.6. The summed E-state index contributed by atoms with van der Waals surface area (Å²) >= 11 is 0. The average Bonchev–Trinajstić information content (AvgIpc) is 3.23. The van der Waals surface area contributed by atoms with Gasteiger partial charge in [0.15, 0.2) is 11.6 Å². The van der Waals surface area contributed by atoms with Gasteiger partial charge in [0.2, 0.25) is 5.91 Å². The predicted octanol–water partition coefficient (Wildman–Crippen LogP) is 3.73. The molecule has 0 spiro atoms. The van der Waals surface area contributed by atoms with Crippen molar-refractivity contribution in [2.45, 2.75) is 31.7 Å². The number of hydrogen-bond donors (Lipinski definition) is 2. The van der Waals surface area contributed by atoms with Gasteiger partial charge in [0.1, 0.15) is 0 Å².